The number of aryl methyl sites for hydroxylation is 1. The molecule has 1 aliphatic heterocycles. The van der Waals surface area contributed by atoms with Crippen LogP contribution in [0.2, 0.25) is 5.02 Å². The summed E-state index contributed by atoms with van der Waals surface area (Å²) in [5.41, 5.74) is 7.06. The smallest absolute Gasteiger partial charge is 0.290 e. The predicted octanol–water partition coefficient (Wildman–Crippen LogP) is 1.47. The van der Waals surface area contributed by atoms with Crippen LogP contribution in [0.4, 0.5) is 11.8 Å². The summed E-state index contributed by atoms with van der Waals surface area (Å²) in [4.78, 5) is 37.3. The summed E-state index contributed by atoms with van der Waals surface area (Å²) in [6, 6.07) is 3.56. The average Bonchev–Trinajstić information content (AvgIpc) is 2.88. The molecule has 0 radical (unpaired) electrons. The Kier molecular flexibility index (Phi) is 7.30. The van der Waals surface area contributed by atoms with E-state index in [1.54, 1.807) is 12.3 Å². The summed E-state index contributed by atoms with van der Waals surface area (Å²) in [6.07, 6.45) is 3.92. The van der Waals surface area contributed by atoms with Crippen molar-refractivity contribution in [3.8, 4) is 0 Å². The number of nitrogens with zero attached hydrogens (tertiary/aromatic N) is 5. The normalized spacial score (nSPS) is 14.0. The number of hydrogen-bond donors (Lipinski definition) is 2. The fraction of sp³-hybridized carbons (Fsp3) is 0.353. The van der Waals surface area contributed by atoms with E-state index in [-0.39, 0.29) is 18.3 Å². The first kappa shape index (κ1) is 20.4. The fourth-order valence-corrected chi connectivity index (χ4v) is 3.01. The van der Waals surface area contributed by atoms with Crippen LogP contribution >= 0.6 is 11.6 Å². The average molecular weight is 393 g/mol. The summed E-state index contributed by atoms with van der Waals surface area (Å²) >= 11 is 6.09. The lowest BCUT2D eigenvalue weighted by Gasteiger charge is -2.23. The fourth-order valence-electron chi connectivity index (χ4n) is 2.81. The van der Waals surface area contributed by atoms with E-state index in [4.69, 9.17) is 27.2 Å². The second-order valence-electron chi connectivity index (χ2n) is 5.82. The van der Waals surface area contributed by atoms with Gasteiger partial charge in [-0.2, -0.15) is 4.98 Å². The van der Waals surface area contributed by atoms with Gasteiger partial charge in [-0.05, 0) is 19.4 Å². The number of aromatic nitrogens is 3. The van der Waals surface area contributed by atoms with Crippen LogP contribution in [-0.2, 0) is 4.79 Å². The summed E-state index contributed by atoms with van der Waals surface area (Å²) in [5.74, 6) is 1.00. The molecule has 3 rings (SSSR count). The number of carbonyl (C=O) groups excluding carboxylic acids is 1. The van der Waals surface area contributed by atoms with E-state index in [0.717, 1.165) is 24.5 Å². The highest BCUT2D eigenvalue weighted by Crippen LogP contribution is 2.19. The van der Waals surface area contributed by atoms with Crippen molar-refractivity contribution in [2.24, 2.45) is 0 Å². The van der Waals surface area contributed by atoms with Crippen molar-refractivity contribution in [3.63, 3.8) is 0 Å². The quantitative estimate of drug-likeness (QED) is 0.736. The van der Waals surface area contributed by atoms with Crippen molar-refractivity contribution in [2.75, 3.05) is 36.8 Å². The number of nitrogens with two attached hydrogens (primary N) is 1. The first-order chi connectivity index (χ1) is 13.0. The molecular weight excluding hydrogens is 372 g/mol. The molecule has 27 heavy (non-hydrogen) atoms. The molecule has 0 spiro atoms. The van der Waals surface area contributed by atoms with Crippen LogP contribution in [0.5, 0.6) is 0 Å². The molecule has 1 aliphatic rings. The zero-order valence-electron chi connectivity index (χ0n) is 14.9. The standard InChI is InChI=1S/C16H19ClN6O.CH2O2/c1-11-9-14(21-16(18)20-11)22-5-2-6-23(8-7-22)15(24)12-3-4-19-10-13(12)17;2-1-3/h3-4,9-10H,2,5-8H2,1H3,(H2,18,20,21);1H,(H,2,3). The van der Waals surface area contributed by atoms with Crippen LogP contribution in [0, 0.1) is 6.92 Å². The lowest BCUT2D eigenvalue weighted by Crippen LogP contribution is -2.35. The molecule has 2 aromatic heterocycles. The van der Waals surface area contributed by atoms with E-state index in [1.165, 1.54) is 6.20 Å². The molecule has 0 aromatic carbocycles. The molecule has 0 unspecified atom stereocenters. The van der Waals surface area contributed by atoms with Gasteiger partial charge in [-0.25, -0.2) is 4.98 Å². The third-order valence-corrected chi connectivity index (χ3v) is 4.27. The minimum absolute atomic E-state index is 0.0670. The van der Waals surface area contributed by atoms with Gasteiger partial charge in [-0.3, -0.25) is 14.6 Å². The van der Waals surface area contributed by atoms with Crippen molar-refractivity contribution < 1.29 is 14.7 Å². The zero-order chi connectivity index (χ0) is 19.8. The minimum Gasteiger partial charge on any atom is -0.483 e. The third kappa shape index (κ3) is 5.52. The van der Waals surface area contributed by atoms with Gasteiger partial charge in [-0.1, -0.05) is 11.6 Å². The van der Waals surface area contributed by atoms with E-state index >= 15 is 0 Å². The summed E-state index contributed by atoms with van der Waals surface area (Å²) in [5, 5.41) is 7.27. The topological polar surface area (TPSA) is 126 Å². The Balaban J connectivity index is 0.000000817. The largest absolute Gasteiger partial charge is 0.483 e. The summed E-state index contributed by atoms with van der Waals surface area (Å²) in [6.45, 7) is 4.41. The molecule has 0 atom stereocenters. The van der Waals surface area contributed by atoms with Crippen LogP contribution in [0.1, 0.15) is 22.5 Å². The Morgan fingerprint density at radius 3 is 2.70 bits per heavy atom. The van der Waals surface area contributed by atoms with Crippen LogP contribution in [-0.4, -0.2) is 63.5 Å². The molecule has 0 bridgehead atoms. The maximum atomic E-state index is 12.7. The van der Waals surface area contributed by atoms with E-state index in [9.17, 15) is 4.79 Å². The van der Waals surface area contributed by atoms with Gasteiger partial charge in [0.25, 0.3) is 12.4 Å². The number of anilines is 2. The maximum Gasteiger partial charge on any atom is 0.290 e. The Hall–Kier alpha value is -2.94. The lowest BCUT2D eigenvalue weighted by atomic mass is 10.2. The number of hydrogen-bond acceptors (Lipinski definition) is 7. The maximum absolute atomic E-state index is 12.7. The molecule has 3 heterocycles. The molecule has 1 amide bonds. The molecule has 0 aliphatic carbocycles. The van der Waals surface area contributed by atoms with Gasteiger partial charge in [0.1, 0.15) is 5.82 Å². The number of carboxylic acid groups (broad SMARTS) is 1. The number of halogens is 1. The van der Waals surface area contributed by atoms with Gasteiger partial charge < -0.3 is 20.6 Å². The van der Waals surface area contributed by atoms with E-state index < -0.39 is 0 Å². The van der Waals surface area contributed by atoms with E-state index in [0.29, 0.717) is 30.2 Å². The van der Waals surface area contributed by atoms with Crippen molar-refractivity contribution in [3.05, 3.63) is 40.8 Å². The first-order valence-electron chi connectivity index (χ1n) is 8.29. The van der Waals surface area contributed by atoms with Crippen LogP contribution in [0.25, 0.3) is 0 Å². The summed E-state index contributed by atoms with van der Waals surface area (Å²) < 4.78 is 0. The van der Waals surface area contributed by atoms with Gasteiger partial charge in [0, 0.05) is 50.3 Å². The van der Waals surface area contributed by atoms with Gasteiger partial charge in [0.05, 0.1) is 10.6 Å². The van der Waals surface area contributed by atoms with Gasteiger partial charge >= 0.3 is 0 Å². The molecule has 144 valence electrons. The van der Waals surface area contributed by atoms with Crippen molar-refractivity contribution in [2.45, 2.75) is 13.3 Å². The summed E-state index contributed by atoms with van der Waals surface area (Å²) in [7, 11) is 0. The monoisotopic (exact) mass is 392 g/mol. The minimum atomic E-state index is -0.250. The van der Waals surface area contributed by atoms with Crippen LogP contribution < -0.4 is 10.6 Å². The SMILES string of the molecule is Cc1cc(N2CCCN(C(=O)c3ccncc3Cl)CC2)nc(N)n1.O=CO. The highest BCUT2D eigenvalue weighted by molar-refractivity contribution is 6.33. The van der Waals surface area contributed by atoms with Gasteiger partial charge in [-0.15, -0.1) is 0 Å². The predicted molar refractivity (Wildman–Crippen MR) is 102 cm³/mol. The number of pyridine rings is 1. The Morgan fingerprint density at radius 1 is 1.30 bits per heavy atom. The molecule has 10 heteroatoms. The number of amides is 1. The number of nitrogen functional groups attached to an aromatic ring is 1. The Labute approximate surface area is 161 Å². The number of carbonyl (C=O) groups is 2. The van der Waals surface area contributed by atoms with E-state index in [1.807, 2.05) is 17.9 Å². The molecule has 1 saturated heterocycles. The van der Waals surface area contributed by atoms with E-state index in [2.05, 4.69) is 19.9 Å². The lowest BCUT2D eigenvalue weighted by molar-refractivity contribution is -0.122. The molecule has 9 nitrogen and oxygen atoms in total. The molecule has 1 fully saturated rings. The van der Waals surface area contributed by atoms with Gasteiger partial charge in [0.15, 0.2) is 0 Å². The number of rotatable bonds is 2. The first-order valence-corrected chi connectivity index (χ1v) is 8.66. The second-order valence-corrected chi connectivity index (χ2v) is 6.23. The zero-order valence-corrected chi connectivity index (χ0v) is 15.6. The third-order valence-electron chi connectivity index (χ3n) is 3.97. The molecule has 3 N–H and O–H groups in total. The Morgan fingerprint density at radius 2 is 2.04 bits per heavy atom. The Bertz CT molecular complexity index is 784. The highest BCUT2D eigenvalue weighted by atomic mass is 35.5. The second kappa shape index (κ2) is 9.67. The van der Waals surface area contributed by atoms with Crippen LogP contribution in [0.3, 0.4) is 0 Å². The van der Waals surface area contributed by atoms with Crippen molar-refractivity contribution >= 4 is 35.7 Å². The molecule has 0 saturated carbocycles. The molecule has 2 aromatic rings. The van der Waals surface area contributed by atoms with Gasteiger partial charge in [0.2, 0.25) is 5.95 Å². The van der Waals surface area contributed by atoms with Crippen molar-refractivity contribution in [1.29, 1.82) is 0 Å². The van der Waals surface area contributed by atoms with Crippen molar-refractivity contribution in [1.82, 2.24) is 19.9 Å². The molecular formula is C17H21ClN6O3. The highest BCUT2D eigenvalue weighted by Gasteiger charge is 2.22. The van der Waals surface area contributed by atoms with Crippen LogP contribution in [0.15, 0.2) is 24.5 Å².